The van der Waals surface area contributed by atoms with Gasteiger partial charge in [0.25, 0.3) is 0 Å². The number of aliphatic hydroxyl groups is 1. The van der Waals surface area contributed by atoms with E-state index in [4.69, 9.17) is 5.11 Å². The summed E-state index contributed by atoms with van der Waals surface area (Å²) < 4.78 is 0. The fourth-order valence-corrected chi connectivity index (χ4v) is 2.18. The maximum absolute atomic E-state index is 11.6. The molecular formula is C17H14O3S. The molecule has 0 saturated heterocycles. The summed E-state index contributed by atoms with van der Waals surface area (Å²) in [5.74, 6) is -0.221. The number of hydrogen-bond acceptors (Lipinski definition) is 4. The zero-order valence-electron chi connectivity index (χ0n) is 11.1. The van der Waals surface area contributed by atoms with Gasteiger partial charge in [0.05, 0.1) is 0 Å². The summed E-state index contributed by atoms with van der Waals surface area (Å²) >= 11 is 1.54. The SMILES string of the molecule is O=C(/C=C(O)/C=C/c1ccc(O)cc1)/C=C/c1cccs1. The van der Waals surface area contributed by atoms with Crippen LogP contribution in [0.15, 0.2) is 65.8 Å². The zero-order chi connectivity index (χ0) is 15.1. The maximum atomic E-state index is 11.6. The molecule has 4 heteroatoms. The molecule has 0 spiro atoms. The van der Waals surface area contributed by atoms with Gasteiger partial charge in [-0.15, -0.1) is 11.3 Å². The summed E-state index contributed by atoms with van der Waals surface area (Å²) in [5, 5.41) is 20.7. The van der Waals surface area contributed by atoms with Crippen LogP contribution >= 0.6 is 11.3 Å². The van der Waals surface area contributed by atoms with Crippen molar-refractivity contribution < 1.29 is 15.0 Å². The molecule has 0 bridgehead atoms. The number of carbonyl (C=O) groups is 1. The van der Waals surface area contributed by atoms with E-state index < -0.39 is 0 Å². The Hall–Kier alpha value is -2.59. The number of rotatable bonds is 5. The third kappa shape index (κ3) is 5.12. The number of phenolic OH excluding ortho intramolecular Hbond substituents is 1. The predicted molar refractivity (Wildman–Crippen MR) is 86.2 cm³/mol. The molecule has 0 unspecified atom stereocenters. The average molecular weight is 298 g/mol. The van der Waals surface area contributed by atoms with Crippen molar-refractivity contribution in [1.29, 1.82) is 0 Å². The summed E-state index contributed by atoms with van der Waals surface area (Å²) in [6.45, 7) is 0. The Bertz CT molecular complexity index is 677. The van der Waals surface area contributed by atoms with Gasteiger partial charge in [-0.2, -0.15) is 0 Å². The summed E-state index contributed by atoms with van der Waals surface area (Å²) in [5.41, 5.74) is 0.814. The first-order chi connectivity index (χ1) is 10.1. The highest BCUT2D eigenvalue weighted by Crippen LogP contribution is 2.12. The van der Waals surface area contributed by atoms with Crippen molar-refractivity contribution in [3.8, 4) is 5.75 Å². The minimum atomic E-state index is -0.281. The second kappa shape index (κ2) is 7.26. The van der Waals surface area contributed by atoms with E-state index in [-0.39, 0.29) is 17.3 Å². The third-order valence-electron chi connectivity index (χ3n) is 2.58. The standard InChI is InChI=1S/C17H14O3S/c18-14-6-3-13(4-7-14)5-8-15(19)12-16(20)9-10-17-2-1-11-21-17/h1-12,18-19H/b8-5+,10-9+,15-12-. The van der Waals surface area contributed by atoms with E-state index in [1.807, 2.05) is 17.5 Å². The van der Waals surface area contributed by atoms with Crippen LogP contribution < -0.4 is 0 Å². The Morgan fingerprint density at radius 3 is 2.48 bits per heavy atom. The highest BCUT2D eigenvalue weighted by molar-refractivity contribution is 7.10. The first-order valence-corrected chi connectivity index (χ1v) is 7.15. The van der Waals surface area contributed by atoms with Crippen LogP contribution in [0.5, 0.6) is 5.75 Å². The van der Waals surface area contributed by atoms with Crippen LogP contribution in [0.2, 0.25) is 0 Å². The molecule has 0 amide bonds. The minimum Gasteiger partial charge on any atom is -0.508 e. The molecule has 0 saturated carbocycles. The van der Waals surface area contributed by atoms with E-state index in [2.05, 4.69) is 0 Å². The van der Waals surface area contributed by atoms with Gasteiger partial charge in [-0.1, -0.05) is 24.3 Å². The van der Waals surface area contributed by atoms with Crippen LogP contribution in [0.1, 0.15) is 10.4 Å². The molecule has 2 aromatic rings. The van der Waals surface area contributed by atoms with Crippen LogP contribution in [-0.4, -0.2) is 16.0 Å². The summed E-state index contributed by atoms with van der Waals surface area (Å²) in [4.78, 5) is 12.6. The van der Waals surface area contributed by atoms with Gasteiger partial charge in [0.2, 0.25) is 0 Å². The van der Waals surface area contributed by atoms with E-state index in [1.165, 1.54) is 23.5 Å². The molecule has 2 N–H and O–H groups in total. The number of carbonyl (C=O) groups excluding carboxylic acids is 1. The van der Waals surface area contributed by atoms with Gasteiger partial charge in [-0.3, -0.25) is 4.79 Å². The molecule has 0 radical (unpaired) electrons. The van der Waals surface area contributed by atoms with E-state index in [1.54, 1.807) is 36.4 Å². The number of ketones is 1. The van der Waals surface area contributed by atoms with Gasteiger partial charge >= 0.3 is 0 Å². The first kappa shape index (κ1) is 14.8. The molecule has 1 aromatic carbocycles. The van der Waals surface area contributed by atoms with Crippen LogP contribution in [0, 0.1) is 0 Å². The van der Waals surface area contributed by atoms with Gasteiger partial charge in [0.15, 0.2) is 5.78 Å². The van der Waals surface area contributed by atoms with Crippen LogP contribution in [-0.2, 0) is 4.79 Å². The Morgan fingerprint density at radius 1 is 1.05 bits per heavy atom. The fourth-order valence-electron chi connectivity index (χ4n) is 1.56. The topological polar surface area (TPSA) is 57.5 Å². The highest BCUT2D eigenvalue weighted by atomic mass is 32.1. The molecule has 1 aromatic heterocycles. The molecule has 21 heavy (non-hydrogen) atoms. The molecule has 106 valence electrons. The van der Waals surface area contributed by atoms with Gasteiger partial charge in [0, 0.05) is 11.0 Å². The van der Waals surface area contributed by atoms with E-state index in [0.717, 1.165) is 16.5 Å². The smallest absolute Gasteiger partial charge is 0.182 e. The van der Waals surface area contributed by atoms with Crippen LogP contribution in [0.3, 0.4) is 0 Å². The zero-order valence-corrected chi connectivity index (χ0v) is 12.0. The lowest BCUT2D eigenvalue weighted by Gasteiger charge is -1.94. The Kier molecular flexibility index (Phi) is 5.12. The number of thiophene rings is 1. The lowest BCUT2D eigenvalue weighted by atomic mass is 10.2. The third-order valence-corrected chi connectivity index (χ3v) is 3.42. The molecular weight excluding hydrogens is 284 g/mol. The van der Waals surface area contributed by atoms with Gasteiger partial charge < -0.3 is 10.2 Å². The molecule has 0 aliphatic carbocycles. The number of phenols is 1. The van der Waals surface area contributed by atoms with Gasteiger partial charge in [-0.25, -0.2) is 0 Å². The average Bonchev–Trinajstić information content (AvgIpc) is 2.98. The van der Waals surface area contributed by atoms with Crippen molar-refractivity contribution in [2.45, 2.75) is 0 Å². The van der Waals surface area contributed by atoms with Crippen molar-refractivity contribution in [2.75, 3.05) is 0 Å². The Morgan fingerprint density at radius 2 is 1.81 bits per heavy atom. The van der Waals surface area contributed by atoms with Crippen molar-refractivity contribution in [3.63, 3.8) is 0 Å². The molecule has 0 atom stereocenters. The number of aromatic hydroxyl groups is 1. The maximum Gasteiger partial charge on any atom is 0.182 e. The van der Waals surface area contributed by atoms with Crippen molar-refractivity contribution in [3.05, 3.63) is 76.2 Å². The van der Waals surface area contributed by atoms with E-state index >= 15 is 0 Å². The van der Waals surface area contributed by atoms with E-state index in [0.29, 0.717) is 0 Å². The molecule has 0 aliphatic heterocycles. The highest BCUT2D eigenvalue weighted by Gasteiger charge is 1.95. The predicted octanol–water partition coefficient (Wildman–Crippen LogP) is 4.19. The van der Waals surface area contributed by atoms with E-state index in [9.17, 15) is 9.90 Å². The Balaban J connectivity index is 1.97. The monoisotopic (exact) mass is 298 g/mol. The van der Waals surface area contributed by atoms with Crippen LogP contribution in [0.4, 0.5) is 0 Å². The second-order valence-electron chi connectivity index (χ2n) is 4.25. The van der Waals surface area contributed by atoms with Crippen molar-refractivity contribution in [2.24, 2.45) is 0 Å². The summed E-state index contributed by atoms with van der Waals surface area (Å²) in [7, 11) is 0. The summed E-state index contributed by atoms with van der Waals surface area (Å²) in [6.07, 6.45) is 7.36. The summed E-state index contributed by atoms with van der Waals surface area (Å²) in [6, 6.07) is 10.3. The normalized spacial score (nSPS) is 12.3. The number of aliphatic hydroxyl groups excluding tert-OH is 1. The van der Waals surface area contributed by atoms with Crippen molar-refractivity contribution in [1.82, 2.24) is 0 Å². The minimum absolute atomic E-state index is 0.121. The van der Waals surface area contributed by atoms with Gasteiger partial charge in [0.1, 0.15) is 11.5 Å². The Labute approximate surface area is 126 Å². The molecule has 0 aliphatic rings. The lowest BCUT2D eigenvalue weighted by molar-refractivity contribution is -0.110. The quantitative estimate of drug-likeness (QED) is 0.494. The number of allylic oxidation sites excluding steroid dienone is 3. The molecule has 2 rings (SSSR count). The second-order valence-corrected chi connectivity index (χ2v) is 5.22. The molecule has 0 fully saturated rings. The van der Waals surface area contributed by atoms with Gasteiger partial charge in [-0.05, 0) is 47.4 Å². The lowest BCUT2D eigenvalue weighted by Crippen LogP contribution is -1.88. The molecule has 1 heterocycles. The first-order valence-electron chi connectivity index (χ1n) is 6.27. The largest absolute Gasteiger partial charge is 0.508 e. The fraction of sp³-hybridized carbons (Fsp3) is 0. The van der Waals surface area contributed by atoms with Crippen LogP contribution in [0.25, 0.3) is 12.2 Å². The number of benzene rings is 1. The van der Waals surface area contributed by atoms with Crippen molar-refractivity contribution >= 4 is 29.3 Å². The number of hydrogen-bond donors (Lipinski definition) is 2. The molecule has 3 nitrogen and oxygen atoms in total.